The van der Waals surface area contributed by atoms with E-state index in [9.17, 15) is 0 Å². The molecule has 4 aliphatic rings. The molecule has 0 aliphatic heterocycles. The molecule has 0 heterocycles. The third kappa shape index (κ3) is 0.363. The first-order valence-electron chi connectivity index (χ1n) is 5.42. The summed E-state index contributed by atoms with van der Waals surface area (Å²) in [4.78, 5) is 0. The highest BCUT2D eigenvalue weighted by Gasteiger charge is 2.72. The SMILES string of the molecule is C1CC2C[C@@H]3CCC4CC1C423. The first-order chi connectivity index (χ1) is 5.42. The fourth-order valence-corrected chi connectivity index (χ4v) is 5.46. The minimum Gasteiger partial charge on any atom is -0.0496 e. The van der Waals surface area contributed by atoms with Crippen LogP contribution in [0, 0.1) is 29.1 Å². The molecule has 0 radical (unpaired) electrons. The van der Waals surface area contributed by atoms with Crippen molar-refractivity contribution in [3.8, 4) is 0 Å². The summed E-state index contributed by atoms with van der Waals surface area (Å²) < 4.78 is 0. The Labute approximate surface area is 68.4 Å². The minimum absolute atomic E-state index is 1.00. The molecule has 0 aromatic carbocycles. The standard InChI is InChI=1S/C11H16/c1-2-8-6-10-4-3-9-5-7(1)11(8,9)10/h7-10H,1-6H2/t7-,8?,9?,10?,11?/m0/s1. The van der Waals surface area contributed by atoms with Gasteiger partial charge in [-0.2, -0.15) is 0 Å². The van der Waals surface area contributed by atoms with Crippen LogP contribution in [-0.4, -0.2) is 0 Å². The Balaban J connectivity index is 1.86. The van der Waals surface area contributed by atoms with Gasteiger partial charge in [-0.3, -0.25) is 0 Å². The second kappa shape index (κ2) is 1.41. The minimum atomic E-state index is 1.00. The Kier molecular flexibility index (Phi) is 0.717. The molecule has 1 spiro atoms. The Hall–Kier alpha value is 0. The van der Waals surface area contributed by atoms with Gasteiger partial charge in [0.2, 0.25) is 0 Å². The highest BCUT2D eigenvalue weighted by molar-refractivity contribution is 5.21. The monoisotopic (exact) mass is 148 g/mol. The molecule has 0 bridgehead atoms. The normalized spacial score (nSPS) is 69.8. The summed E-state index contributed by atoms with van der Waals surface area (Å²) in [5.74, 6) is 4.88. The maximum atomic E-state index is 1.63. The van der Waals surface area contributed by atoms with Crippen molar-refractivity contribution in [1.29, 1.82) is 0 Å². The molecule has 4 saturated carbocycles. The van der Waals surface area contributed by atoms with E-state index in [-0.39, 0.29) is 0 Å². The van der Waals surface area contributed by atoms with Crippen molar-refractivity contribution in [3.63, 3.8) is 0 Å². The van der Waals surface area contributed by atoms with Crippen LogP contribution in [0.2, 0.25) is 0 Å². The summed E-state index contributed by atoms with van der Waals surface area (Å²) in [7, 11) is 0. The van der Waals surface area contributed by atoms with E-state index in [4.69, 9.17) is 0 Å². The molecule has 5 atom stereocenters. The Morgan fingerprint density at radius 3 is 1.36 bits per heavy atom. The Morgan fingerprint density at radius 1 is 0.636 bits per heavy atom. The quantitative estimate of drug-likeness (QED) is 0.495. The highest BCUT2D eigenvalue weighted by Crippen LogP contribution is 2.80. The largest absolute Gasteiger partial charge is 0.0496 e. The number of hydrogen-bond donors (Lipinski definition) is 0. The van der Waals surface area contributed by atoms with Crippen LogP contribution in [0.5, 0.6) is 0 Å². The van der Waals surface area contributed by atoms with E-state index in [0.717, 1.165) is 5.41 Å². The van der Waals surface area contributed by atoms with Gasteiger partial charge in [0.15, 0.2) is 0 Å². The average molecular weight is 148 g/mol. The molecule has 4 rings (SSSR count). The van der Waals surface area contributed by atoms with Crippen molar-refractivity contribution in [3.05, 3.63) is 0 Å². The third-order valence-corrected chi connectivity index (χ3v) is 5.69. The van der Waals surface area contributed by atoms with E-state index in [1.807, 2.05) is 0 Å². The molecule has 60 valence electrons. The van der Waals surface area contributed by atoms with E-state index >= 15 is 0 Å². The Morgan fingerprint density at radius 2 is 1.00 bits per heavy atom. The van der Waals surface area contributed by atoms with Gasteiger partial charge < -0.3 is 0 Å². The lowest BCUT2D eigenvalue weighted by Gasteiger charge is -2.62. The van der Waals surface area contributed by atoms with E-state index in [1.165, 1.54) is 23.7 Å². The van der Waals surface area contributed by atoms with Crippen molar-refractivity contribution >= 4 is 0 Å². The van der Waals surface area contributed by atoms with E-state index in [1.54, 1.807) is 38.5 Å². The topological polar surface area (TPSA) is 0 Å². The number of hydrogen-bond acceptors (Lipinski definition) is 0. The van der Waals surface area contributed by atoms with Gasteiger partial charge in [0.05, 0.1) is 0 Å². The Bertz CT molecular complexity index is 171. The van der Waals surface area contributed by atoms with Crippen molar-refractivity contribution < 1.29 is 0 Å². The third-order valence-electron chi connectivity index (χ3n) is 5.69. The first-order valence-corrected chi connectivity index (χ1v) is 5.42. The fourth-order valence-electron chi connectivity index (χ4n) is 5.46. The second-order valence-corrected chi connectivity index (χ2v) is 5.41. The maximum absolute atomic E-state index is 1.63. The van der Waals surface area contributed by atoms with Crippen LogP contribution >= 0.6 is 0 Å². The highest BCUT2D eigenvalue weighted by atomic mass is 14.8. The van der Waals surface area contributed by atoms with E-state index < -0.39 is 0 Å². The molecule has 0 N–H and O–H groups in total. The summed E-state index contributed by atoms with van der Waals surface area (Å²) in [5.41, 5.74) is 1.00. The number of rotatable bonds is 0. The molecule has 0 nitrogen and oxygen atoms in total. The first kappa shape index (κ1) is 5.61. The van der Waals surface area contributed by atoms with Crippen molar-refractivity contribution in [1.82, 2.24) is 0 Å². The lowest BCUT2D eigenvalue weighted by molar-refractivity contribution is -0.145. The molecule has 11 heavy (non-hydrogen) atoms. The van der Waals surface area contributed by atoms with Crippen LogP contribution in [0.1, 0.15) is 38.5 Å². The second-order valence-electron chi connectivity index (χ2n) is 5.41. The van der Waals surface area contributed by atoms with Crippen LogP contribution in [0.3, 0.4) is 0 Å². The molecule has 4 unspecified atom stereocenters. The van der Waals surface area contributed by atoms with Gasteiger partial charge in [-0.05, 0) is 67.6 Å². The molecule has 0 aromatic heterocycles. The smallest absolute Gasteiger partial charge is 0.0184 e. The van der Waals surface area contributed by atoms with Gasteiger partial charge >= 0.3 is 0 Å². The summed E-state index contributed by atoms with van der Waals surface area (Å²) in [5, 5.41) is 0. The fraction of sp³-hybridized carbons (Fsp3) is 1.00. The van der Waals surface area contributed by atoms with Crippen LogP contribution in [0.15, 0.2) is 0 Å². The van der Waals surface area contributed by atoms with Gasteiger partial charge in [0.1, 0.15) is 0 Å². The molecule has 0 saturated heterocycles. The van der Waals surface area contributed by atoms with Crippen LogP contribution in [0.25, 0.3) is 0 Å². The summed E-state index contributed by atoms with van der Waals surface area (Å²) in [6.07, 6.45) is 9.70. The zero-order valence-corrected chi connectivity index (χ0v) is 7.05. The molecule has 4 aliphatic carbocycles. The summed E-state index contributed by atoms with van der Waals surface area (Å²) in [6, 6.07) is 0. The van der Waals surface area contributed by atoms with E-state index in [2.05, 4.69) is 0 Å². The zero-order valence-electron chi connectivity index (χ0n) is 7.05. The lowest BCUT2D eigenvalue weighted by atomic mass is 9.42. The maximum Gasteiger partial charge on any atom is -0.0184 e. The molecule has 0 heteroatoms. The van der Waals surface area contributed by atoms with Crippen molar-refractivity contribution in [2.45, 2.75) is 38.5 Å². The van der Waals surface area contributed by atoms with Crippen LogP contribution in [-0.2, 0) is 0 Å². The van der Waals surface area contributed by atoms with Crippen LogP contribution < -0.4 is 0 Å². The van der Waals surface area contributed by atoms with Gasteiger partial charge in [-0.25, -0.2) is 0 Å². The zero-order chi connectivity index (χ0) is 7.05. The van der Waals surface area contributed by atoms with Gasteiger partial charge in [0.25, 0.3) is 0 Å². The lowest BCUT2D eigenvalue weighted by Crippen LogP contribution is -2.56. The van der Waals surface area contributed by atoms with E-state index in [0.29, 0.717) is 0 Å². The molecular formula is C11H16. The van der Waals surface area contributed by atoms with Gasteiger partial charge in [0, 0.05) is 0 Å². The average Bonchev–Trinajstić information content (AvgIpc) is 2.30. The predicted octanol–water partition coefficient (Wildman–Crippen LogP) is 2.83. The molecule has 4 fully saturated rings. The van der Waals surface area contributed by atoms with Crippen molar-refractivity contribution in [2.24, 2.45) is 29.1 Å². The van der Waals surface area contributed by atoms with Gasteiger partial charge in [-0.1, -0.05) is 0 Å². The molecule has 0 aromatic rings. The summed E-state index contributed by atoms with van der Waals surface area (Å²) in [6.45, 7) is 0. The van der Waals surface area contributed by atoms with Crippen molar-refractivity contribution in [2.75, 3.05) is 0 Å². The summed E-state index contributed by atoms with van der Waals surface area (Å²) >= 11 is 0. The molecule has 0 amide bonds. The predicted molar refractivity (Wildman–Crippen MR) is 44.1 cm³/mol. The van der Waals surface area contributed by atoms with Crippen LogP contribution in [0.4, 0.5) is 0 Å². The van der Waals surface area contributed by atoms with Gasteiger partial charge in [-0.15, -0.1) is 0 Å². The molecular weight excluding hydrogens is 132 g/mol.